The monoisotopic (exact) mass is 353 g/mol. The fraction of sp³-hybridized carbons (Fsp3) is 0.0556. The number of amides is 1. The number of aromatic nitrogens is 1. The number of carbonyl (C=O) groups excluding carboxylic acids is 1. The van der Waals surface area contributed by atoms with Crippen LogP contribution < -0.4 is 5.32 Å². The second kappa shape index (κ2) is 6.83. The van der Waals surface area contributed by atoms with Crippen molar-refractivity contribution in [3.63, 3.8) is 0 Å². The Balaban J connectivity index is 1.93. The van der Waals surface area contributed by atoms with Gasteiger partial charge in [0.1, 0.15) is 10.9 Å². The number of nitrogens with zero attached hydrogens (tertiary/aromatic N) is 2. The Labute approximate surface area is 148 Å². The number of benzene rings is 2. The van der Waals surface area contributed by atoms with Crippen molar-refractivity contribution < 1.29 is 4.79 Å². The number of anilines is 1. The number of hydrogen-bond acceptors (Lipinski definition) is 4. The summed E-state index contributed by atoms with van der Waals surface area (Å²) in [7, 11) is 0. The van der Waals surface area contributed by atoms with Gasteiger partial charge in [-0.05, 0) is 25.1 Å². The first kappa shape index (κ1) is 16.2. The minimum atomic E-state index is -0.259. The highest BCUT2D eigenvalue weighted by atomic mass is 35.5. The van der Waals surface area contributed by atoms with Crippen LogP contribution in [0.15, 0.2) is 48.5 Å². The molecule has 2 aromatic carbocycles. The topological polar surface area (TPSA) is 65.8 Å². The molecule has 118 valence electrons. The number of nitriles is 1. The van der Waals surface area contributed by atoms with Gasteiger partial charge in [0.05, 0.1) is 21.3 Å². The maximum Gasteiger partial charge on any atom is 0.268 e. The van der Waals surface area contributed by atoms with Gasteiger partial charge >= 0.3 is 0 Å². The predicted molar refractivity (Wildman–Crippen MR) is 96.4 cm³/mol. The quantitative estimate of drug-likeness (QED) is 0.728. The molecular weight excluding hydrogens is 342 g/mol. The van der Waals surface area contributed by atoms with Gasteiger partial charge in [-0.25, -0.2) is 4.98 Å². The summed E-state index contributed by atoms with van der Waals surface area (Å²) in [6, 6.07) is 16.4. The van der Waals surface area contributed by atoms with Crippen LogP contribution in [0.5, 0.6) is 0 Å². The third kappa shape index (κ3) is 3.30. The summed E-state index contributed by atoms with van der Waals surface area (Å²) >= 11 is 7.25. The smallest absolute Gasteiger partial charge is 0.268 e. The second-order valence-corrected chi connectivity index (χ2v) is 6.65. The van der Waals surface area contributed by atoms with E-state index in [0.717, 1.165) is 10.6 Å². The fourth-order valence-electron chi connectivity index (χ4n) is 2.25. The van der Waals surface area contributed by atoms with E-state index < -0.39 is 0 Å². The first-order chi connectivity index (χ1) is 11.6. The van der Waals surface area contributed by atoms with Gasteiger partial charge < -0.3 is 5.32 Å². The van der Waals surface area contributed by atoms with E-state index in [1.54, 1.807) is 18.2 Å². The largest absolute Gasteiger partial charge is 0.321 e. The molecule has 0 saturated carbocycles. The standard InChI is InChI=1S/C18H12ClN3OS/c1-11-21-16(12-5-3-2-4-6-12)17(24-11)18(23)22-14-7-8-15(19)13(9-14)10-20/h2-9H,1H3,(H,22,23). The molecule has 1 heterocycles. The van der Waals surface area contributed by atoms with Crippen LogP contribution >= 0.6 is 22.9 Å². The van der Waals surface area contributed by atoms with Gasteiger partial charge in [-0.3, -0.25) is 4.79 Å². The number of aryl methyl sites for hydroxylation is 1. The Bertz CT molecular complexity index is 945. The SMILES string of the molecule is Cc1nc(-c2ccccc2)c(C(=O)Nc2ccc(Cl)c(C#N)c2)s1. The van der Waals surface area contributed by atoms with Gasteiger partial charge in [-0.2, -0.15) is 5.26 Å². The molecule has 0 spiro atoms. The molecule has 0 unspecified atom stereocenters. The van der Waals surface area contributed by atoms with Crippen LogP contribution in [-0.2, 0) is 0 Å². The third-order valence-corrected chi connectivity index (χ3v) is 4.63. The van der Waals surface area contributed by atoms with Crippen LogP contribution in [0.1, 0.15) is 20.2 Å². The molecule has 0 fully saturated rings. The molecule has 0 radical (unpaired) electrons. The van der Waals surface area contributed by atoms with Crippen LogP contribution in [-0.4, -0.2) is 10.9 Å². The Hall–Kier alpha value is -2.68. The predicted octanol–water partition coefficient (Wildman–Crippen LogP) is 4.90. The maximum absolute atomic E-state index is 12.6. The molecule has 0 saturated heterocycles. The lowest BCUT2D eigenvalue weighted by atomic mass is 10.1. The summed E-state index contributed by atoms with van der Waals surface area (Å²) in [5, 5.41) is 13.0. The maximum atomic E-state index is 12.6. The van der Waals surface area contributed by atoms with Crippen molar-refractivity contribution in [2.24, 2.45) is 0 Å². The van der Waals surface area contributed by atoms with Crippen LogP contribution in [0.2, 0.25) is 5.02 Å². The van der Waals surface area contributed by atoms with E-state index in [4.69, 9.17) is 16.9 Å². The van der Waals surface area contributed by atoms with Crippen molar-refractivity contribution in [1.82, 2.24) is 4.98 Å². The minimum absolute atomic E-state index is 0.259. The zero-order valence-electron chi connectivity index (χ0n) is 12.7. The third-order valence-electron chi connectivity index (χ3n) is 3.33. The zero-order valence-corrected chi connectivity index (χ0v) is 14.3. The van der Waals surface area contributed by atoms with Crippen LogP contribution in [0.4, 0.5) is 5.69 Å². The molecule has 1 amide bonds. The van der Waals surface area contributed by atoms with Crippen molar-refractivity contribution in [2.75, 3.05) is 5.32 Å². The highest BCUT2D eigenvalue weighted by Gasteiger charge is 2.18. The molecule has 0 atom stereocenters. The highest BCUT2D eigenvalue weighted by Crippen LogP contribution is 2.29. The Morgan fingerprint density at radius 1 is 1.25 bits per heavy atom. The summed E-state index contributed by atoms with van der Waals surface area (Å²) in [4.78, 5) is 17.7. The van der Waals surface area contributed by atoms with E-state index in [0.29, 0.717) is 26.8 Å². The number of thiazole rings is 1. The minimum Gasteiger partial charge on any atom is -0.321 e. The van der Waals surface area contributed by atoms with Gasteiger partial charge in [0.15, 0.2) is 0 Å². The molecule has 3 aromatic rings. The van der Waals surface area contributed by atoms with E-state index in [1.165, 1.54) is 11.3 Å². The number of rotatable bonds is 3. The highest BCUT2D eigenvalue weighted by molar-refractivity contribution is 7.14. The lowest BCUT2D eigenvalue weighted by Gasteiger charge is -2.06. The molecule has 6 heteroatoms. The van der Waals surface area contributed by atoms with E-state index >= 15 is 0 Å². The first-order valence-electron chi connectivity index (χ1n) is 7.12. The van der Waals surface area contributed by atoms with E-state index in [2.05, 4.69) is 10.3 Å². The van der Waals surface area contributed by atoms with Gasteiger partial charge in [0, 0.05) is 11.3 Å². The Kier molecular flexibility index (Phi) is 4.61. The average Bonchev–Trinajstić information content (AvgIpc) is 2.99. The summed E-state index contributed by atoms with van der Waals surface area (Å²) in [5.74, 6) is -0.259. The summed E-state index contributed by atoms with van der Waals surface area (Å²) in [6.07, 6.45) is 0. The molecule has 0 aliphatic rings. The van der Waals surface area contributed by atoms with Crippen molar-refractivity contribution in [3.8, 4) is 17.3 Å². The Morgan fingerprint density at radius 2 is 2.00 bits per heavy atom. The van der Waals surface area contributed by atoms with E-state index in [-0.39, 0.29) is 5.91 Å². The van der Waals surface area contributed by atoms with Crippen molar-refractivity contribution in [2.45, 2.75) is 6.92 Å². The van der Waals surface area contributed by atoms with E-state index in [1.807, 2.05) is 43.3 Å². The second-order valence-electron chi connectivity index (χ2n) is 5.04. The number of halogens is 1. The van der Waals surface area contributed by atoms with Gasteiger partial charge in [-0.15, -0.1) is 11.3 Å². The van der Waals surface area contributed by atoms with Crippen LogP contribution in [0.25, 0.3) is 11.3 Å². The molecule has 0 aliphatic heterocycles. The summed E-state index contributed by atoms with van der Waals surface area (Å²) in [5.41, 5.74) is 2.38. The normalized spacial score (nSPS) is 10.2. The molecule has 0 bridgehead atoms. The number of carbonyl (C=O) groups is 1. The average molecular weight is 354 g/mol. The molecule has 24 heavy (non-hydrogen) atoms. The van der Waals surface area contributed by atoms with Gasteiger partial charge in [-0.1, -0.05) is 41.9 Å². The van der Waals surface area contributed by atoms with Crippen LogP contribution in [0, 0.1) is 18.3 Å². The molecule has 1 N–H and O–H groups in total. The van der Waals surface area contributed by atoms with Gasteiger partial charge in [0.25, 0.3) is 5.91 Å². The number of hydrogen-bond donors (Lipinski definition) is 1. The molecule has 4 nitrogen and oxygen atoms in total. The molecule has 3 rings (SSSR count). The first-order valence-corrected chi connectivity index (χ1v) is 8.32. The Morgan fingerprint density at radius 3 is 2.71 bits per heavy atom. The number of nitrogens with one attached hydrogen (secondary N) is 1. The summed E-state index contributed by atoms with van der Waals surface area (Å²) < 4.78 is 0. The fourth-order valence-corrected chi connectivity index (χ4v) is 3.25. The molecule has 1 aromatic heterocycles. The van der Waals surface area contributed by atoms with Crippen molar-refractivity contribution in [3.05, 3.63) is 69.0 Å². The molecular formula is C18H12ClN3OS. The summed E-state index contributed by atoms with van der Waals surface area (Å²) in [6.45, 7) is 1.87. The van der Waals surface area contributed by atoms with Crippen molar-refractivity contribution in [1.29, 1.82) is 5.26 Å². The lowest BCUT2D eigenvalue weighted by molar-refractivity contribution is 0.103. The molecule has 0 aliphatic carbocycles. The van der Waals surface area contributed by atoms with E-state index in [9.17, 15) is 4.79 Å². The zero-order chi connectivity index (χ0) is 17.1. The van der Waals surface area contributed by atoms with Gasteiger partial charge in [0.2, 0.25) is 0 Å². The lowest BCUT2D eigenvalue weighted by Crippen LogP contribution is -2.11. The van der Waals surface area contributed by atoms with Crippen molar-refractivity contribution >= 4 is 34.5 Å². The van der Waals surface area contributed by atoms with Crippen LogP contribution in [0.3, 0.4) is 0 Å².